The Hall–Kier alpha value is -0.530. The van der Waals surface area contributed by atoms with Crippen LogP contribution in [0.15, 0.2) is 0 Å². The predicted molar refractivity (Wildman–Crippen MR) is 60.8 cm³/mol. The van der Waals surface area contributed by atoms with Gasteiger partial charge in [0.15, 0.2) is 11.9 Å². The largest absolute Gasteiger partial charge is 0.390 e. The highest BCUT2D eigenvalue weighted by atomic mass is 16.8. The summed E-state index contributed by atoms with van der Waals surface area (Å²) >= 11 is 0. The lowest BCUT2D eigenvalue weighted by atomic mass is 9.99. The van der Waals surface area contributed by atoms with Crippen molar-refractivity contribution >= 4 is 5.78 Å². The van der Waals surface area contributed by atoms with Crippen LogP contribution < -0.4 is 0 Å². The third kappa shape index (κ3) is 2.31. The fourth-order valence-corrected chi connectivity index (χ4v) is 2.32. The summed E-state index contributed by atoms with van der Waals surface area (Å²) in [7, 11) is 0. The molecule has 3 atom stereocenters. The molecule has 0 aromatic heterocycles. The average molecular weight is 260 g/mol. The fraction of sp³-hybridized carbons (Fsp3) is 0.917. The van der Waals surface area contributed by atoms with Gasteiger partial charge in [0.1, 0.15) is 12.7 Å². The van der Waals surface area contributed by atoms with E-state index in [9.17, 15) is 9.90 Å². The van der Waals surface area contributed by atoms with E-state index >= 15 is 0 Å². The maximum Gasteiger partial charge on any atom is 0.256 e. The van der Waals surface area contributed by atoms with Crippen molar-refractivity contribution in [2.24, 2.45) is 0 Å². The first kappa shape index (κ1) is 13.9. The summed E-state index contributed by atoms with van der Waals surface area (Å²) in [6.07, 6.45) is -1.43. The third-order valence-electron chi connectivity index (χ3n) is 2.93. The van der Waals surface area contributed by atoms with Crippen LogP contribution in [0, 0.1) is 0 Å². The van der Waals surface area contributed by atoms with Gasteiger partial charge in [-0.05, 0) is 27.7 Å². The number of ketones is 1. The Morgan fingerprint density at radius 1 is 1.44 bits per heavy atom. The average Bonchev–Trinajstić information content (AvgIpc) is 2.58. The fourth-order valence-electron chi connectivity index (χ4n) is 2.32. The lowest BCUT2D eigenvalue weighted by molar-refractivity contribution is -0.277. The molecular formula is C12H20O6. The standard InChI is InChI=1S/C12H20O6/c1-7(2)16-12(6-13)10(14)9-8(5-15-12)17-11(3,4)18-9/h7-9,13H,5-6H2,1-4H3/t8-,9-,12+/m0/s1. The molecular weight excluding hydrogens is 240 g/mol. The molecule has 0 bridgehead atoms. The lowest BCUT2D eigenvalue weighted by Crippen LogP contribution is -2.61. The number of fused-ring (bicyclic) bond motifs is 1. The zero-order valence-electron chi connectivity index (χ0n) is 11.1. The van der Waals surface area contributed by atoms with Crippen LogP contribution in [0.5, 0.6) is 0 Å². The number of aliphatic hydroxyl groups is 1. The highest BCUT2D eigenvalue weighted by Gasteiger charge is 2.58. The van der Waals surface area contributed by atoms with Crippen molar-refractivity contribution in [3.63, 3.8) is 0 Å². The molecule has 0 aromatic rings. The molecule has 2 fully saturated rings. The molecule has 104 valence electrons. The van der Waals surface area contributed by atoms with Gasteiger partial charge in [0, 0.05) is 0 Å². The Morgan fingerprint density at radius 3 is 2.67 bits per heavy atom. The number of hydrogen-bond donors (Lipinski definition) is 1. The molecule has 0 saturated carbocycles. The molecule has 0 aromatic carbocycles. The van der Waals surface area contributed by atoms with E-state index in [4.69, 9.17) is 18.9 Å². The van der Waals surface area contributed by atoms with Crippen molar-refractivity contribution in [1.29, 1.82) is 0 Å². The minimum atomic E-state index is -1.63. The summed E-state index contributed by atoms with van der Waals surface area (Å²) in [6, 6.07) is 0. The number of aliphatic hydroxyl groups excluding tert-OH is 1. The lowest BCUT2D eigenvalue weighted by Gasteiger charge is -2.38. The molecule has 2 aliphatic rings. The maximum atomic E-state index is 12.4. The summed E-state index contributed by atoms with van der Waals surface area (Å²) in [5.74, 6) is -2.86. The van der Waals surface area contributed by atoms with Crippen molar-refractivity contribution < 1.29 is 28.8 Å². The molecule has 6 nitrogen and oxygen atoms in total. The van der Waals surface area contributed by atoms with Crippen LogP contribution in [-0.2, 0) is 23.7 Å². The van der Waals surface area contributed by atoms with Gasteiger partial charge in [0.05, 0.1) is 12.7 Å². The molecule has 0 spiro atoms. The van der Waals surface area contributed by atoms with Crippen LogP contribution in [0.4, 0.5) is 0 Å². The van der Waals surface area contributed by atoms with Crippen LogP contribution in [0.3, 0.4) is 0 Å². The summed E-state index contributed by atoms with van der Waals surface area (Å²) in [6.45, 7) is 6.65. The third-order valence-corrected chi connectivity index (χ3v) is 2.93. The van der Waals surface area contributed by atoms with Crippen LogP contribution in [0.25, 0.3) is 0 Å². The number of hydrogen-bond acceptors (Lipinski definition) is 6. The van der Waals surface area contributed by atoms with Crippen LogP contribution >= 0.6 is 0 Å². The van der Waals surface area contributed by atoms with Crippen molar-refractivity contribution in [3.8, 4) is 0 Å². The Morgan fingerprint density at radius 2 is 2.11 bits per heavy atom. The zero-order chi connectivity index (χ0) is 13.6. The SMILES string of the molecule is CC(C)O[C@@]1(CO)OC[C@@H]2OC(C)(C)O[C@@H]2C1=O. The Kier molecular flexibility index (Phi) is 3.50. The van der Waals surface area contributed by atoms with Crippen molar-refractivity contribution in [2.45, 2.75) is 57.6 Å². The summed E-state index contributed by atoms with van der Waals surface area (Å²) < 4.78 is 22.0. The van der Waals surface area contributed by atoms with Crippen LogP contribution in [0.1, 0.15) is 27.7 Å². The van der Waals surface area contributed by atoms with E-state index in [-0.39, 0.29) is 12.7 Å². The van der Waals surface area contributed by atoms with Crippen molar-refractivity contribution in [3.05, 3.63) is 0 Å². The minimum absolute atomic E-state index is 0.160. The predicted octanol–water partition coefficient (Wildman–Crippen LogP) is 0.219. The number of carbonyl (C=O) groups is 1. The topological polar surface area (TPSA) is 74.2 Å². The second kappa shape index (κ2) is 4.54. The number of ether oxygens (including phenoxy) is 4. The number of carbonyl (C=O) groups excluding carboxylic acids is 1. The molecule has 2 saturated heterocycles. The first-order valence-corrected chi connectivity index (χ1v) is 6.12. The van der Waals surface area contributed by atoms with Gasteiger partial charge in [-0.3, -0.25) is 4.79 Å². The van der Waals surface area contributed by atoms with Gasteiger partial charge in [0.2, 0.25) is 5.78 Å². The van der Waals surface area contributed by atoms with E-state index < -0.39 is 36.2 Å². The molecule has 18 heavy (non-hydrogen) atoms. The molecule has 0 radical (unpaired) electrons. The van der Waals surface area contributed by atoms with Gasteiger partial charge in [-0.2, -0.15) is 0 Å². The van der Waals surface area contributed by atoms with Crippen LogP contribution in [-0.4, -0.2) is 54.0 Å². The van der Waals surface area contributed by atoms with E-state index in [1.54, 1.807) is 27.7 Å². The van der Waals surface area contributed by atoms with Gasteiger partial charge in [-0.1, -0.05) is 0 Å². The van der Waals surface area contributed by atoms with Gasteiger partial charge in [-0.15, -0.1) is 0 Å². The Labute approximate surface area is 106 Å². The summed E-state index contributed by atoms with van der Waals surface area (Å²) in [4.78, 5) is 12.4. The number of rotatable bonds is 3. The molecule has 6 heteroatoms. The molecule has 2 rings (SSSR count). The summed E-state index contributed by atoms with van der Waals surface area (Å²) in [5, 5.41) is 9.44. The first-order chi connectivity index (χ1) is 8.30. The second-order valence-corrected chi connectivity index (χ2v) is 5.35. The van der Waals surface area contributed by atoms with Crippen molar-refractivity contribution in [2.75, 3.05) is 13.2 Å². The molecule has 1 N–H and O–H groups in total. The maximum absolute atomic E-state index is 12.4. The smallest absolute Gasteiger partial charge is 0.256 e. The van der Waals surface area contributed by atoms with Gasteiger partial charge in [0.25, 0.3) is 5.79 Å². The monoisotopic (exact) mass is 260 g/mol. The molecule has 2 aliphatic heterocycles. The normalized spacial score (nSPS) is 39.1. The zero-order valence-corrected chi connectivity index (χ0v) is 11.1. The molecule has 2 heterocycles. The molecule has 0 amide bonds. The highest BCUT2D eigenvalue weighted by Crippen LogP contribution is 2.36. The van der Waals surface area contributed by atoms with E-state index in [2.05, 4.69) is 0 Å². The minimum Gasteiger partial charge on any atom is -0.390 e. The van der Waals surface area contributed by atoms with E-state index in [0.29, 0.717) is 0 Å². The summed E-state index contributed by atoms with van der Waals surface area (Å²) in [5.41, 5.74) is 0. The van der Waals surface area contributed by atoms with E-state index in [1.807, 2.05) is 0 Å². The quantitative estimate of drug-likeness (QED) is 0.782. The van der Waals surface area contributed by atoms with Crippen molar-refractivity contribution in [1.82, 2.24) is 0 Å². The highest BCUT2D eigenvalue weighted by molar-refractivity contribution is 5.91. The Bertz CT molecular complexity index is 339. The Balaban J connectivity index is 2.20. The molecule has 0 unspecified atom stereocenters. The second-order valence-electron chi connectivity index (χ2n) is 5.35. The van der Waals surface area contributed by atoms with Gasteiger partial charge < -0.3 is 24.1 Å². The van der Waals surface area contributed by atoms with Gasteiger partial charge in [-0.25, -0.2) is 0 Å². The van der Waals surface area contributed by atoms with Crippen LogP contribution in [0.2, 0.25) is 0 Å². The first-order valence-electron chi connectivity index (χ1n) is 6.12. The molecule has 0 aliphatic carbocycles. The van der Waals surface area contributed by atoms with E-state index in [1.165, 1.54) is 0 Å². The number of Topliss-reactive ketones (excluding diaryl/α,β-unsaturated/α-hetero) is 1. The van der Waals surface area contributed by atoms with Gasteiger partial charge >= 0.3 is 0 Å². The van der Waals surface area contributed by atoms with E-state index in [0.717, 1.165) is 0 Å².